The van der Waals surface area contributed by atoms with Gasteiger partial charge in [0.1, 0.15) is 0 Å². The number of nitrogens with zero attached hydrogens (tertiary/aromatic N) is 1. The Bertz CT molecular complexity index is 1090. The zero-order valence-corrected chi connectivity index (χ0v) is 14.1. The maximum absolute atomic E-state index is 12.3. The summed E-state index contributed by atoms with van der Waals surface area (Å²) >= 11 is 1.20. The molecule has 0 saturated carbocycles. The topological polar surface area (TPSA) is 132 Å². The summed E-state index contributed by atoms with van der Waals surface area (Å²) in [4.78, 5) is 22.9. The van der Waals surface area contributed by atoms with Gasteiger partial charge in [-0.1, -0.05) is 0 Å². The van der Waals surface area contributed by atoms with Crippen molar-refractivity contribution < 1.29 is 18.1 Å². The largest absolute Gasteiger partial charge is 0.321 e. The van der Waals surface area contributed by atoms with Crippen LogP contribution in [0.25, 0.3) is 10.1 Å². The van der Waals surface area contributed by atoms with Crippen LogP contribution in [0.2, 0.25) is 0 Å². The molecule has 0 aliphatic rings. The zero-order chi connectivity index (χ0) is 18.2. The van der Waals surface area contributed by atoms with E-state index in [-0.39, 0.29) is 10.6 Å². The molecule has 1 aromatic heterocycles. The lowest BCUT2D eigenvalue weighted by Crippen LogP contribution is -2.13. The van der Waals surface area contributed by atoms with Crippen molar-refractivity contribution in [3.05, 3.63) is 63.5 Å². The van der Waals surface area contributed by atoms with E-state index in [2.05, 4.69) is 5.32 Å². The molecule has 3 rings (SSSR count). The van der Waals surface area contributed by atoms with Gasteiger partial charge in [0.05, 0.1) is 14.7 Å². The molecule has 8 nitrogen and oxygen atoms in total. The second-order valence-electron chi connectivity index (χ2n) is 5.11. The molecule has 0 spiro atoms. The third-order valence-electron chi connectivity index (χ3n) is 3.38. The molecule has 0 unspecified atom stereocenters. The molecule has 128 valence electrons. The third kappa shape index (κ3) is 3.65. The Kier molecular flexibility index (Phi) is 4.25. The predicted octanol–water partition coefficient (Wildman–Crippen LogP) is 2.71. The second-order valence-corrected chi connectivity index (χ2v) is 7.76. The number of benzene rings is 2. The summed E-state index contributed by atoms with van der Waals surface area (Å²) in [6, 6.07) is 11.4. The van der Waals surface area contributed by atoms with Crippen molar-refractivity contribution in [1.82, 2.24) is 0 Å². The van der Waals surface area contributed by atoms with Gasteiger partial charge in [0.15, 0.2) is 0 Å². The normalized spacial score (nSPS) is 11.4. The molecule has 0 aliphatic carbocycles. The Morgan fingerprint density at radius 3 is 2.40 bits per heavy atom. The highest BCUT2D eigenvalue weighted by molar-refractivity contribution is 7.89. The Hall–Kier alpha value is -2.82. The van der Waals surface area contributed by atoms with E-state index >= 15 is 0 Å². The number of thiophene rings is 1. The van der Waals surface area contributed by atoms with E-state index in [0.717, 1.165) is 4.70 Å². The fraction of sp³-hybridized carbons (Fsp3) is 0. The lowest BCUT2D eigenvalue weighted by molar-refractivity contribution is -0.384. The van der Waals surface area contributed by atoms with Gasteiger partial charge in [0.25, 0.3) is 11.6 Å². The lowest BCUT2D eigenvalue weighted by Gasteiger charge is -2.04. The lowest BCUT2D eigenvalue weighted by atomic mass is 10.2. The molecule has 0 saturated heterocycles. The molecule has 2 aromatic carbocycles. The number of nitro benzene ring substituents is 1. The summed E-state index contributed by atoms with van der Waals surface area (Å²) in [6.45, 7) is 0. The van der Waals surface area contributed by atoms with Gasteiger partial charge in [-0.15, -0.1) is 11.3 Å². The van der Waals surface area contributed by atoms with E-state index in [0.29, 0.717) is 16.0 Å². The Morgan fingerprint density at radius 2 is 1.80 bits per heavy atom. The summed E-state index contributed by atoms with van der Waals surface area (Å²) in [5.41, 5.74) is 0.358. The van der Waals surface area contributed by atoms with Crippen LogP contribution >= 0.6 is 11.3 Å². The standard InChI is InChI=1S/C15H11N3O5S2/c16-25(22,23)12-4-1-10(2-5-12)17-15(19)14-8-9-7-11(18(20)21)3-6-13(9)24-14/h1-8H,(H,17,19)(H2,16,22,23). The molecule has 3 N–H and O–H groups in total. The minimum atomic E-state index is -3.79. The molecule has 0 fully saturated rings. The molecule has 1 amide bonds. The Morgan fingerprint density at radius 1 is 1.12 bits per heavy atom. The fourth-order valence-electron chi connectivity index (χ4n) is 2.18. The monoisotopic (exact) mass is 377 g/mol. The van der Waals surface area contributed by atoms with Crippen molar-refractivity contribution in [3.63, 3.8) is 0 Å². The van der Waals surface area contributed by atoms with Gasteiger partial charge in [-0.2, -0.15) is 0 Å². The maximum Gasteiger partial charge on any atom is 0.270 e. The number of carbonyl (C=O) groups excluding carboxylic acids is 1. The highest BCUT2D eigenvalue weighted by atomic mass is 32.2. The third-order valence-corrected chi connectivity index (χ3v) is 5.42. The average molecular weight is 377 g/mol. The predicted molar refractivity (Wildman–Crippen MR) is 94.2 cm³/mol. The number of hydrogen-bond acceptors (Lipinski definition) is 6. The molecule has 0 radical (unpaired) electrons. The molecule has 10 heteroatoms. The van der Waals surface area contributed by atoms with Crippen molar-refractivity contribution >= 4 is 48.7 Å². The van der Waals surface area contributed by atoms with E-state index in [4.69, 9.17) is 5.14 Å². The van der Waals surface area contributed by atoms with Crippen LogP contribution in [-0.2, 0) is 10.0 Å². The summed E-state index contributed by atoms with van der Waals surface area (Å²) in [7, 11) is -3.79. The maximum atomic E-state index is 12.3. The van der Waals surface area contributed by atoms with Crippen molar-refractivity contribution in [2.75, 3.05) is 5.32 Å². The highest BCUT2D eigenvalue weighted by Gasteiger charge is 2.14. The van der Waals surface area contributed by atoms with Gasteiger partial charge >= 0.3 is 0 Å². The molecule has 0 atom stereocenters. The number of nitro groups is 1. The first kappa shape index (κ1) is 17.0. The first-order chi connectivity index (χ1) is 11.7. The van der Waals surface area contributed by atoms with Crippen LogP contribution in [-0.4, -0.2) is 19.2 Å². The molecule has 25 heavy (non-hydrogen) atoms. The quantitative estimate of drug-likeness (QED) is 0.533. The van der Waals surface area contributed by atoms with E-state index in [1.54, 1.807) is 12.1 Å². The van der Waals surface area contributed by atoms with Crippen molar-refractivity contribution in [1.29, 1.82) is 0 Å². The zero-order valence-electron chi connectivity index (χ0n) is 12.5. The van der Waals surface area contributed by atoms with Crippen molar-refractivity contribution in [3.8, 4) is 0 Å². The van der Waals surface area contributed by atoms with Crippen LogP contribution in [0, 0.1) is 10.1 Å². The number of fused-ring (bicyclic) bond motifs is 1. The number of nitrogens with one attached hydrogen (secondary N) is 1. The second kappa shape index (κ2) is 6.24. The molecular formula is C15H11N3O5S2. The number of rotatable bonds is 4. The van der Waals surface area contributed by atoms with Crippen LogP contribution in [0.5, 0.6) is 0 Å². The van der Waals surface area contributed by atoms with Gasteiger partial charge in [0, 0.05) is 27.9 Å². The van der Waals surface area contributed by atoms with Crippen molar-refractivity contribution in [2.45, 2.75) is 4.90 Å². The number of anilines is 1. The summed E-state index contributed by atoms with van der Waals surface area (Å²) in [5, 5.41) is 19.1. The SMILES string of the molecule is NS(=O)(=O)c1ccc(NC(=O)c2cc3cc([N+](=O)[O-])ccc3s2)cc1. The molecule has 1 heterocycles. The molecule has 3 aromatic rings. The first-order valence-corrected chi connectivity index (χ1v) is 9.22. The number of non-ortho nitro benzene ring substituents is 1. The van der Waals surface area contributed by atoms with E-state index in [1.165, 1.54) is 47.7 Å². The Balaban J connectivity index is 1.83. The molecule has 0 aliphatic heterocycles. The summed E-state index contributed by atoms with van der Waals surface area (Å²) < 4.78 is 23.2. The number of nitrogens with two attached hydrogens (primary N) is 1. The van der Waals surface area contributed by atoms with Crippen molar-refractivity contribution in [2.24, 2.45) is 5.14 Å². The van der Waals surface area contributed by atoms with Gasteiger partial charge in [0.2, 0.25) is 10.0 Å². The smallest absolute Gasteiger partial charge is 0.270 e. The van der Waals surface area contributed by atoms with Gasteiger partial charge in [-0.3, -0.25) is 14.9 Å². The number of primary sulfonamides is 1. The van der Waals surface area contributed by atoms with Crippen LogP contribution in [0.3, 0.4) is 0 Å². The minimum Gasteiger partial charge on any atom is -0.321 e. The van der Waals surface area contributed by atoms with E-state index in [1.807, 2.05) is 0 Å². The van der Waals surface area contributed by atoms with E-state index < -0.39 is 20.9 Å². The number of amides is 1. The van der Waals surface area contributed by atoms with E-state index in [9.17, 15) is 23.3 Å². The fourth-order valence-corrected chi connectivity index (χ4v) is 3.63. The van der Waals surface area contributed by atoms with Crippen LogP contribution in [0.1, 0.15) is 9.67 Å². The average Bonchev–Trinajstić information content (AvgIpc) is 2.97. The van der Waals surface area contributed by atoms with Gasteiger partial charge in [-0.05, 0) is 36.4 Å². The van der Waals surface area contributed by atoms with Crippen LogP contribution in [0.15, 0.2) is 53.4 Å². The van der Waals surface area contributed by atoms with Gasteiger partial charge < -0.3 is 5.32 Å². The van der Waals surface area contributed by atoms with Gasteiger partial charge in [-0.25, -0.2) is 13.6 Å². The van der Waals surface area contributed by atoms with Crippen LogP contribution < -0.4 is 10.5 Å². The number of sulfonamides is 1. The first-order valence-electron chi connectivity index (χ1n) is 6.86. The molecule has 0 bridgehead atoms. The Labute approximate surface area is 146 Å². The minimum absolute atomic E-state index is 0.0455. The van der Waals surface area contributed by atoms with Crippen LogP contribution in [0.4, 0.5) is 11.4 Å². The number of hydrogen-bond donors (Lipinski definition) is 2. The number of carbonyl (C=O) groups is 1. The summed E-state index contributed by atoms with van der Waals surface area (Å²) in [5.74, 6) is -0.396. The molecular weight excluding hydrogens is 366 g/mol. The summed E-state index contributed by atoms with van der Waals surface area (Å²) in [6.07, 6.45) is 0. The highest BCUT2D eigenvalue weighted by Crippen LogP contribution is 2.29.